The molecule has 0 unspecified atom stereocenters. The topological polar surface area (TPSA) is 85.1 Å². The molecule has 166 valence electrons. The van der Waals surface area contributed by atoms with E-state index in [1.807, 2.05) is 29.2 Å². The Morgan fingerprint density at radius 1 is 1.03 bits per heavy atom. The molecule has 0 aliphatic carbocycles. The molecule has 0 radical (unpaired) electrons. The standard InChI is InChI=1S/C24H25N3O5/c1-3-31-24(29)21-22(32-16-25-21)19-6-4-5-7-20(19)23(28)27-14-12-26(13-15-27)17-8-10-18(30-2)11-9-17/h4-11,16H,3,12-15H2,1-2H3. The van der Waals surface area contributed by atoms with Gasteiger partial charge in [-0.15, -0.1) is 0 Å². The molecule has 8 nitrogen and oxygen atoms in total. The van der Waals surface area contributed by atoms with Crippen molar-refractivity contribution in [3.05, 3.63) is 66.2 Å². The first kappa shape index (κ1) is 21.4. The maximum Gasteiger partial charge on any atom is 0.360 e. The van der Waals surface area contributed by atoms with E-state index >= 15 is 0 Å². The third-order valence-electron chi connectivity index (χ3n) is 5.44. The maximum absolute atomic E-state index is 13.4. The third-order valence-corrected chi connectivity index (χ3v) is 5.44. The van der Waals surface area contributed by atoms with E-state index in [2.05, 4.69) is 9.88 Å². The van der Waals surface area contributed by atoms with Gasteiger partial charge in [0.25, 0.3) is 5.91 Å². The molecule has 1 amide bonds. The molecular weight excluding hydrogens is 410 g/mol. The highest BCUT2D eigenvalue weighted by molar-refractivity contribution is 6.03. The maximum atomic E-state index is 13.4. The molecule has 0 N–H and O–H groups in total. The summed E-state index contributed by atoms with van der Waals surface area (Å²) >= 11 is 0. The third kappa shape index (κ3) is 4.30. The molecule has 0 saturated carbocycles. The molecule has 1 fully saturated rings. The number of rotatable bonds is 6. The van der Waals surface area contributed by atoms with Crippen molar-refractivity contribution >= 4 is 17.6 Å². The van der Waals surface area contributed by atoms with Gasteiger partial charge >= 0.3 is 5.97 Å². The van der Waals surface area contributed by atoms with E-state index in [1.54, 1.807) is 38.3 Å². The van der Waals surface area contributed by atoms with Gasteiger partial charge in [-0.25, -0.2) is 9.78 Å². The van der Waals surface area contributed by atoms with Crippen LogP contribution in [0.5, 0.6) is 5.75 Å². The monoisotopic (exact) mass is 435 g/mol. The summed E-state index contributed by atoms with van der Waals surface area (Å²) in [6.07, 6.45) is 1.19. The van der Waals surface area contributed by atoms with Gasteiger partial charge in [-0.3, -0.25) is 4.79 Å². The summed E-state index contributed by atoms with van der Waals surface area (Å²) in [6.45, 7) is 4.55. The first-order valence-electron chi connectivity index (χ1n) is 10.5. The number of nitrogens with zero attached hydrogens (tertiary/aromatic N) is 3. The van der Waals surface area contributed by atoms with Gasteiger partial charge in [-0.05, 0) is 37.3 Å². The normalized spacial score (nSPS) is 13.7. The van der Waals surface area contributed by atoms with E-state index in [-0.39, 0.29) is 24.0 Å². The molecule has 8 heteroatoms. The van der Waals surface area contributed by atoms with Crippen LogP contribution in [-0.4, -0.2) is 61.7 Å². The predicted molar refractivity (Wildman–Crippen MR) is 119 cm³/mol. The number of hydrogen-bond acceptors (Lipinski definition) is 7. The highest BCUT2D eigenvalue weighted by Crippen LogP contribution is 2.29. The molecule has 1 aliphatic heterocycles. The van der Waals surface area contributed by atoms with Gasteiger partial charge in [0, 0.05) is 37.4 Å². The van der Waals surface area contributed by atoms with Crippen LogP contribution >= 0.6 is 0 Å². The lowest BCUT2D eigenvalue weighted by Crippen LogP contribution is -2.48. The summed E-state index contributed by atoms with van der Waals surface area (Å²) in [4.78, 5) is 33.7. The van der Waals surface area contributed by atoms with Gasteiger partial charge in [0.15, 0.2) is 17.8 Å². The van der Waals surface area contributed by atoms with Crippen LogP contribution in [0.2, 0.25) is 0 Å². The lowest BCUT2D eigenvalue weighted by atomic mass is 10.0. The number of methoxy groups -OCH3 is 1. The first-order valence-corrected chi connectivity index (χ1v) is 10.5. The van der Waals surface area contributed by atoms with Crippen molar-refractivity contribution in [2.75, 3.05) is 44.8 Å². The Labute approximate surface area is 186 Å². The fourth-order valence-corrected chi connectivity index (χ4v) is 3.78. The van der Waals surface area contributed by atoms with E-state index in [9.17, 15) is 9.59 Å². The van der Waals surface area contributed by atoms with E-state index in [0.717, 1.165) is 24.5 Å². The number of oxazole rings is 1. The molecule has 3 aromatic rings. The Morgan fingerprint density at radius 2 is 1.75 bits per heavy atom. The molecule has 1 saturated heterocycles. The minimum atomic E-state index is -0.577. The summed E-state index contributed by atoms with van der Waals surface area (Å²) < 4.78 is 15.8. The van der Waals surface area contributed by atoms with E-state index < -0.39 is 5.97 Å². The van der Waals surface area contributed by atoms with Crippen molar-refractivity contribution in [2.45, 2.75) is 6.92 Å². The van der Waals surface area contributed by atoms with Crippen molar-refractivity contribution in [3.8, 4) is 17.1 Å². The van der Waals surface area contributed by atoms with Crippen molar-refractivity contribution in [2.24, 2.45) is 0 Å². The number of esters is 1. The average molecular weight is 435 g/mol. The van der Waals surface area contributed by atoms with Crippen molar-refractivity contribution in [1.82, 2.24) is 9.88 Å². The minimum Gasteiger partial charge on any atom is -0.497 e. The van der Waals surface area contributed by atoms with Gasteiger partial charge in [0.1, 0.15) is 5.75 Å². The van der Waals surface area contributed by atoms with Crippen LogP contribution in [0.4, 0.5) is 5.69 Å². The molecule has 32 heavy (non-hydrogen) atoms. The largest absolute Gasteiger partial charge is 0.497 e. The fraction of sp³-hybridized carbons (Fsp3) is 0.292. The van der Waals surface area contributed by atoms with Gasteiger partial charge in [-0.2, -0.15) is 0 Å². The Hall–Kier alpha value is -3.81. The van der Waals surface area contributed by atoms with Crippen molar-refractivity contribution < 1.29 is 23.5 Å². The zero-order valence-electron chi connectivity index (χ0n) is 18.1. The van der Waals surface area contributed by atoms with E-state index in [0.29, 0.717) is 24.2 Å². The second-order valence-corrected chi connectivity index (χ2v) is 7.27. The van der Waals surface area contributed by atoms with Gasteiger partial charge < -0.3 is 23.7 Å². The second kappa shape index (κ2) is 9.55. The summed E-state index contributed by atoms with van der Waals surface area (Å²) in [7, 11) is 1.64. The summed E-state index contributed by atoms with van der Waals surface area (Å²) in [5.74, 6) is 0.367. The van der Waals surface area contributed by atoms with Crippen LogP contribution < -0.4 is 9.64 Å². The Balaban J connectivity index is 1.51. The molecule has 1 aromatic heterocycles. The van der Waals surface area contributed by atoms with Crippen LogP contribution in [0.15, 0.2) is 59.3 Å². The smallest absolute Gasteiger partial charge is 0.360 e. The number of piperazine rings is 1. The molecule has 2 aromatic carbocycles. The Bertz CT molecular complexity index is 1090. The van der Waals surface area contributed by atoms with Crippen LogP contribution in [-0.2, 0) is 4.74 Å². The van der Waals surface area contributed by atoms with Gasteiger partial charge in [-0.1, -0.05) is 18.2 Å². The zero-order valence-corrected chi connectivity index (χ0v) is 18.1. The lowest BCUT2D eigenvalue weighted by Gasteiger charge is -2.36. The lowest BCUT2D eigenvalue weighted by molar-refractivity contribution is 0.0520. The van der Waals surface area contributed by atoms with Crippen LogP contribution in [0.3, 0.4) is 0 Å². The number of carbonyl (C=O) groups is 2. The van der Waals surface area contributed by atoms with Gasteiger partial charge in [0.05, 0.1) is 19.3 Å². The molecule has 0 spiro atoms. The van der Waals surface area contributed by atoms with E-state index in [1.165, 1.54) is 6.39 Å². The number of ether oxygens (including phenoxy) is 2. The second-order valence-electron chi connectivity index (χ2n) is 7.27. The van der Waals surface area contributed by atoms with Crippen molar-refractivity contribution in [3.63, 3.8) is 0 Å². The number of anilines is 1. The van der Waals surface area contributed by atoms with Crippen LogP contribution in [0.1, 0.15) is 27.8 Å². The Morgan fingerprint density at radius 3 is 2.44 bits per heavy atom. The molecular formula is C24H25N3O5. The highest BCUT2D eigenvalue weighted by atomic mass is 16.5. The number of amides is 1. The van der Waals surface area contributed by atoms with E-state index in [4.69, 9.17) is 13.9 Å². The highest BCUT2D eigenvalue weighted by Gasteiger charge is 2.27. The molecule has 4 rings (SSSR count). The number of carbonyl (C=O) groups excluding carboxylic acids is 2. The minimum absolute atomic E-state index is 0.0661. The fourth-order valence-electron chi connectivity index (χ4n) is 3.78. The molecule has 0 atom stereocenters. The quantitative estimate of drug-likeness (QED) is 0.548. The SMILES string of the molecule is CCOC(=O)c1ncoc1-c1ccccc1C(=O)N1CCN(c2ccc(OC)cc2)CC1. The summed E-state index contributed by atoms with van der Waals surface area (Å²) in [5, 5.41) is 0. The number of hydrogen-bond donors (Lipinski definition) is 0. The van der Waals surface area contributed by atoms with Crippen LogP contribution in [0, 0.1) is 0 Å². The zero-order chi connectivity index (χ0) is 22.5. The molecule has 1 aliphatic rings. The van der Waals surface area contributed by atoms with Crippen LogP contribution in [0.25, 0.3) is 11.3 Å². The predicted octanol–water partition coefficient (Wildman–Crippen LogP) is 3.49. The molecule has 0 bridgehead atoms. The average Bonchev–Trinajstić information content (AvgIpc) is 3.34. The summed E-state index contributed by atoms with van der Waals surface area (Å²) in [6, 6.07) is 15.0. The van der Waals surface area contributed by atoms with Gasteiger partial charge in [0.2, 0.25) is 0 Å². The summed E-state index contributed by atoms with van der Waals surface area (Å²) in [5.41, 5.74) is 2.15. The number of aromatic nitrogens is 1. The Kier molecular flexibility index (Phi) is 6.39. The first-order chi connectivity index (χ1) is 15.6. The molecule has 2 heterocycles. The van der Waals surface area contributed by atoms with Crippen molar-refractivity contribution in [1.29, 1.82) is 0 Å². The number of benzene rings is 2.